The minimum atomic E-state index is 0.341. The second kappa shape index (κ2) is 6.69. The lowest BCUT2D eigenvalue weighted by Gasteiger charge is -2.31. The summed E-state index contributed by atoms with van der Waals surface area (Å²) >= 11 is 0. The van der Waals surface area contributed by atoms with Crippen molar-refractivity contribution in [2.45, 2.75) is 52.2 Å². The van der Waals surface area contributed by atoms with E-state index in [9.17, 15) is 0 Å². The topological polar surface area (TPSA) is 56.3 Å². The summed E-state index contributed by atoms with van der Waals surface area (Å²) in [6.07, 6.45) is 4.85. The van der Waals surface area contributed by atoms with E-state index in [1.807, 2.05) is 17.7 Å². The van der Waals surface area contributed by atoms with Crippen LogP contribution in [0.2, 0.25) is 0 Å². The zero-order valence-corrected chi connectivity index (χ0v) is 14.6. The Morgan fingerprint density at radius 1 is 1.33 bits per heavy atom. The zero-order chi connectivity index (χ0) is 16.5. The number of fused-ring (bicyclic) bond motifs is 1. The first-order chi connectivity index (χ1) is 11.7. The van der Waals surface area contributed by atoms with Crippen molar-refractivity contribution >= 4 is 0 Å². The van der Waals surface area contributed by atoms with Crippen LogP contribution < -0.4 is 0 Å². The van der Waals surface area contributed by atoms with E-state index >= 15 is 0 Å². The smallest absolute Gasteiger partial charge is 0.133 e. The molecule has 6 nitrogen and oxygen atoms in total. The standard InChI is InChI=1S/C18H26N4O2/c1-3-22-9-15-7-21(10-17-6-13(2)24-20-17)8-16(18(15)19-22)12-23-11-14-4-5-14/h6,9,14,16H,3-5,7-8,10-12H2,1-2H3/t16-/m0/s1. The van der Waals surface area contributed by atoms with Crippen molar-refractivity contribution in [3.05, 3.63) is 35.0 Å². The van der Waals surface area contributed by atoms with Crippen molar-refractivity contribution in [1.29, 1.82) is 0 Å². The fourth-order valence-corrected chi connectivity index (χ4v) is 3.44. The van der Waals surface area contributed by atoms with E-state index in [-0.39, 0.29) is 0 Å². The molecule has 2 aromatic heterocycles. The Labute approximate surface area is 142 Å². The van der Waals surface area contributed by atoms with Gasteiger partial charge in [-0.1, -0.05) is 5.16 Å². The SMILES string of the molecule is CCn1cc2c(n1)[C@H](COCC1CC1)CN(Cc1cc(C)on1)C2. The predicted molar refractivity (Wildman–Crippen MR) is 89.5 cm³/mol. The fourth-order valence-electron chi connectivity index (χ4n) is 3.44. The lowest BCUT2D eigenvalue weighted by Crippen LogP contribution is -2.35. The average molecular weight is 330 g/mol. The van der Waals surface area contributed by atoms with E-state index in [4.69, 9.17) is 14.4 Å². The minimum absolute atomic E-state index is 0.341. The molecule has 1 fully saturated rings. The van der Waals surface area contributed by atoms with Gasteiger partial charge in [0.05, 0.1) is 18.0 Å². The largest absolute Gasteiger partial charge is 0.380 e. The highest BCUT2D eigenvalue weighted by Gasteiger charge is 2.30. The van der Waals surface area contributed by atoms with Crippen LogP contribution in [0.4, 0.5) is 0 Å². The molecule has 130 valence electrons. The summed E-state index contributed by atoms with van der Waals surface area (Å²) in [7, 11) is 0. The maximum Gasteiger partial charge on any atom is 0.133 e. The highest BCUT2D eigenvalue weighted by atomic mass is 16.5. The molecule has 24 heavy (non-hydrogen) atoms. The molecule has 0 N–H and O–H groups in total. The molecule has 0 radical (unpaired) electrons. The van der Waals surface area contributed by atoms with Crippen molar-refractivity contribution < 1.29 is 9.26 Å². The zero-order valence-electron chi connectivity index (χ0n) is 14.6. The maximum atomic E-state index is 5.99. The Morgan fingerprint density at radius 3 is 2.92 bits per heavy atom. The Morgan fingerprint density at radius 2 is 2.21 bits per heavy atom. The third-order valence-corrected chi connectivity index (χ3v) is 4.89. The van der Waals surface area contributed by atoms with Crippen LogP contribution in [0.1, 0.15) is 48.4 Å². The second-order valence-electron chi connectivity index (χ2n) is 7.17. The Balaban J connectivity index is 1.46. The molecule has 2 aromatic rings. The molecular formula is C18H26N4O2. The summed E-state index contributed by atoms with van der Waals surface area (Å²) in [6, 6.07) is 2.02. The van der Waals surface area contributed by atoms with Gasteiger partial charge in [0.25, 0.3) is 0 Å². The normalized spacial score (nSPS) is 21.2. The third-order valence-electron chi connectivity index (χ3n) is 4.89. The first-order valence-corrected chi connectivity index (χ1v) is 8.99. The molecule has 1 atom stereocenters. The first-order valence-electron chi connectivity index (χ1n) is 8.99. The van der Waals surface area contributed by atoms with E-state index in [0.29, 0.717) is 5.92 Å². The number of aromatic nitrogens is 3. The predicted octanol–water partition coefficient (Wildman–Crippen LogP) is 2.73. The monoisotopic (exact) mass is 330 g/mol. The molecule has 0 aromatic carbocycles. The number of hydrogen-bond donors (Lipinski definition) is 0. The molecule has 0 amide bonds. The van der Waals surface area contributed by atoms with Crippen LogP contribution in [-0.2, 0) is 24.4 Å². The molecule has 0 saturated heterocycles. The van der Waals surface area contributed by atoms with Gasteiger partial charge in [0, 0.05) is 56.5 Å². The highest BCUT2D eigenvalue weighted by molar-refractivity contribution is 5.25. The lowest BCUT2D eigenvalue weighted by atomic mass is 9.97. The molecule has 2 aliphatic rings. The number of aryl methyl sites for hydroxylation is 2. The molecule has 0 bridgehead atoms. The maximum absolute atomic E-state index is 5.99. The quantitative estimate of drug-likeness (QED) is 0.781. The lowest BCUT2D eigenvalue weighted by molar-refractivity contribution is 0.0876. The number of hydrogen-bond acceptors (Lipinski definition) is 5. The first kappa shape index (κ1) is 15.8. The van der Waals surface area contributed by atoms with Crippen molar-refractivity contribution in [2.75, 3.05) is 19.8 Å². The van der Waals surface area contributed by atoms with Crippen LogP contribution in [0.5, 0.6) is 0 Å². The van der Waals surface area contributed by atoms with Crippen LogP contribution in [0.15, 0.2) is 16.8 Å². The van der Waals surface area contributed by atoms with Gasteiger partial charge in [-0.15, -0.1) is 0 Å². The molecule has 1 saturated carbocycles. The number of nitrogens with zero attached hydrogens (tertiary/aromatic N) is 4. The van der Waals surface area contributed by atoms with Gasteiger partial charge in [-0.05, 0) is 32.6 Å². The van der Waals surface area contributed by atoms with Crippen LogP contribution in [-0.4, -0.2) is 39.6 Å². The summed E-state index contributed by atoms with van der Waals surface area (Å²) in [4.78, 5) is 2.42. The van der Waals surface area contributed by atoms with Gasteiger partial charge in [0.1, 0.15) is 5.76 Å². The number of rotatable bonds is 7. The van der Waals surface area contributed by atoms with Gasteiger partial charge in [0.2, 0.25) is 0 Å². The number of ether oxygens (including phenoxy) is 1. The Hall–Kier alpha value is -1.66. The van der Waals surface area contributed by atoms with Crippen LogP contribution in [0, 0.1) is 12.8 Å². The van der Waals surface area contributed by atoms with Crippen LogP contribution in [0.3, 0.4) is 0 Å². The van der Waals surface area contributed by atoms with Gasteiger partial charge in [-0.2, -0.15) is 5.10 Å². The summed E-state index contributed by atoms with van der Waals surface area (Å²) in [5.74, 6) is 2.01. The molecule has 0 unspecified atom stereocenters. The highest BCUT2D eigenvalue weighted by Crippen LogP contribution is 2.31. The molecule has 3 heterocycles. The van der Waals surface area contributed by atoms with Crippen molar-refractivity contribution in [3.63, 3.8) is 0 Å². The van der Waals surface area contributed by atoms with Crippen molar-refractivity contribution in [3.8, 4) is 0 Å². The van der Waals surface area contributed by atoms with Crippen LogP contribution in [0.25, 0.3) is 0 Å². The summed E-state index contributed by atoms with van der Waals surface area (Å²) in [5, 5.41) is 8.92. The van der Waals surface area contributed by atoms with Gasteiger partial charge in [0.15, 0.2) is 0 Å². The molecule has 1 aliphatic carbocycles. The van der Waals surface area contributed by atoms with Gasteiger partial charge >= 0.3 is 0 Å². The third kappa shape index (κ3) is 3.54. The molecule has 0 spiro atoms. The summed E-state index contributed by atoms with van der Waals surface area (Å²) < 4.78 is 13.2. The van der Waals surface area contributed by atoms with Crippen molar-refractivity contribution in [1.82, 2.24) is 19.8 Å². The molecule has 4 rings (SSSR count). The Bertz CT molecular complexity index is 689. The summed E-state index contributed by atoms with van der Waals surface area (Å²) in [6.45, 7) is 9.34. The molecule has 6 heteroatoms. The van der Waals surface area contributed by atoms with E-state index in [1.54, 1.807) is 0 Å². The van der Waals surface area contributed by atoms with E-state index in [2.05, 4.69) is 23.2 Å². The van der Waals surface area contributed by atoms with E-state index in [0.717, 1.165) is 56.8 Å². The van der Waals surface area contributed by atoms with Crippen LogP contribution >= 0.6 is 0 Å². The van der Waals surface area contributed by atoms with Crippen molar-refractivity contribution in [2.24, 2.45) is 5.92 Å². The van der Waals surface area contributed by atoms with E-state index < -0.39 is 0 Å². The Kier molecular flexibility index (Phi) is 4.41. The molecule has 1 aliphatic heterocycles. The minimum Gasteiger partial charge on any atom is -0.380 e. The van der Waals surface area contributed by atoms with Gasteiger partial charge in [-0.3, -0.25) is 9.58 Å². The van der Waals surface area contributed by atoms with Gasteiger partial charge < -0.3 is 9.26 Å². The fraction of sp³-hybridized carbons (Fsp3) is 0.667. The van der Waals surface area contributed by atoms with Gasteiger partial charge in [-0.25, -0.2) is 0 Å². The average Bonchev–Trinajstić information content (AvgIpc) is 3.15. The van der Waals surface area contributed by atoms with E-state index in [1.165, 1.54) is 24.1 Å². The second-order valence-corrected chi connectivity index (χ2v) is 7.17. The molecular weight excluding hydrogens is 304 g/mol. The summed E-state index contributed by atoms with van der Waals surface area (Å²) in [5.41, 5.74) is 3.54.